The maximum Gasteiger partial charge on any atom is 0.206 e. The van der Waals surface area contributed by atoms with E-state index in [1.165, 1.54) is 0 Å². The number of nitrogens with zero attached hydrogens (tertiary/aromatic N) is 3. The molecule has 0 aliphatic heterocycles. The number of furan rings is 1. The highest BCUT2D eigenvalue weighted by atomic mass is 32.1. The van der Waals surface area contributed by atoms with Crippen LogP contribution in [0, 0.1) is 5.92 Å². The highest BCUT2D eigenvalue weighted by Gasteiger charge is 2.09. The Hall–Kier alpha value is -1.62. The van der Waals surface area contributed by atoms with E-state index in [-0.39, 0.29) is 0 Å². The Labute approximate surface area is 123 Å². The van der Waals surface area contributed by atoms with Gasteiger partial charge in [0.25, 0.3) is 0 Å². The normalized spacial score (nSPS) is 12.9. The van der Waals surface area contributed by atoms with Crippen molar-refractivity contribution in [2.24, 2.45) is 16.0 Å². The molecule has 0 saturated heterocycles. The molecule has 0 aliphatic rings. The highest BCUT2D eigenvalue weighted by molar-refractivity contribution is 7.07. The highest BCUT2D eigenvalue weighted by Crippen LogP contribution is 2.20. The van der Waals surface area contributed by atoms with Crippen molar-refractivity contribution in [3.05, 3.63) is 28.6 Å². The van der Waals surface area contributed by atoms with Crippen LogP contribution in [0.15, 0.2) is 38.3 Å². The lowest BCUT2D eigenvalue weighted by molar-refractivity contribution is 0.574. The van der Waals surface area contributed by atoms with Gasteiger partial charge in [-0.25, -0.2) is 4.68 Å². The fourth-order valence-electron chi connectivity index (χ4n) is 1.91. The minimum atomic E-state index is 0.501. The van der Waals surface area contributed by atoms with Crippen molar-refractivity contribution < 1.29 is 4.42 Å². The second kappa shape index (κ2) is 7.24. The van der Waals surface area contributed by atoms with Gasteiger partial charge in [-0.15, -0.1) is 11.3 Å². The monoisotopic (exact) mass is 291 g/mol. The Morgan fingerprint density at radius 3 is 2.75 bits per heavy atom. The summed E-state index contributed by atoms with van der Waals surface area (Å²) in [6.45, 7) is 7.15. The molecule has 0 aliphatic carbocycles. The van der Waals surface area contributed by atoms with Gasteiger partial charge < -0.3 is 4.42 Å². The summed E-state index contributed by atoms with van der Waals surface area (Å²) in [5.74, 6) is 1.32. The predicted molar refractivity (Wildman–Crippen MR) is 84.1 cm³/mol. The molecule has 2 aromatic heterocycles. The second-order valence-electron chi connectivity index (χ2n) is 4.51. The third kappa shape index (κ3) is 3.28. The molecule has 0 aromatic carbocycles. The van der Waals surface area contributed by atoms with E-state index in [0.29, 0.717) is 5.92 Å². The van der Waals surface area contributed by atoms with E-state index >= 15 is 0 Å². The molecule has 0 fully saturated rings. The van der Waals surface area contributed by atoms with E-state index in [0.717, 1.165) is 35.6 Å². The lowest BCUT2D eigenvalue weighted by Crippen LogP contribution is -2.13. The van der Waals surface area contributed by atoms with Crippen LogP contribution in [0.5, 0.6) is 0 Å². The summed E-state index contributed by atoms with van der Waals surface area (Å²) in [5.41, 5.74) is 0.953. The van der Waals surface area contributed by atoms with Crippen LogP contribution in [0.4, 0.5) is 0 Å². The molecule has 2 heterocycles. The molecule has 20 heavy (non-hydrogen) atoms. The van der Waals surface area contributed by atoms with Crippen LogP contribution in [-0.4, -0.2) is 17.4 Å². The minimum absolute atomic E-state index is 0.501. The molecule has 5 heteroatoms. The van der Waals surface area contributed by atoms with Gasteiger partial charge in [0.15, 0.2) is 5.76 Å². The maximum atomic E-state index is 5.48. The van der Waals surface area contributed by atoms with Crippen molar-refractivity contribution in [3.63, 3.8) is 0 Å². The van der Waals surface area contributed by atoms with Crippen molar-refractivity contribution in [2.75, 3.05) is 6.54 Å². The second-order valence-corrected chi connectivity index (χ2v) is 5.34. The number of thiazole rings is 1. The fourth-order valence-corrected chi connectivity index (χ4v) is 2.79. The first-order valence-corrected chi connectivity index (χ1v) is 7.97. The summed E-state index contributed by atoms with van der Waals surface area (Å²) < 4.78 is 7.36. The smallest absolute Gasteiger partial charge is 0.206 e. The van der Waals surface area contributed by atoms with Gasteiger partial charge in [0.05, 0.1) is 6.26 Å². The molecule has 0 unspecified atom stereocenters. The number of rotatable bonds is 6. The summed E-state index contributed by atoms with van der Waals surface area (Å²) in [6.07, 6.45) is 5.90. The molecular weight excluding hydrogens is 270 g/mol. The lowest BCUT2D eigenvalue weighted by Gasteiger charge is -2.05. The zero-order valence-corrected chi connectivity index (χ0v) is 13.1. The molecule has 2 rings (SSSR count). The SMILES string of the molecule is CCN=c1scc(-c2ccco2)n1N=CC(CC)CC. The van der Waals surface area contributed by atoms with Crippen molar-refractivity contribution in [1.29, 1.82) is 0 Å². The van der Waals surface area contributed by atoms with E-state index in [1.54, 1.807) is 17.6 Å². The molecule has 0 spiro atoms. The molecule has 0 bridgehead atoms. The van der Waals surface area contributed by atoms with Crippen molar-refractivity contribution in [2.45, 2.75) is 33.6 Å². The first-order chi connectivity index (χ1) is 9.80. The Morgan fingerprint density at radius 2 is 2.15 bits per heavy atom. The molecule has 4 nitrogen and oxygen atoms in total. The molecule has 108 valence electrons. The summed E-state index contributed by atoms with van der Waals surface area (Å²) in [4.78, 5) is 5.40. The quantitative estimate of drug-likeness (QED) is 0.742. The molecule has 0 atom stereocenters. The van der Waals surface area contributed by atoms with Gasteiger partial charge in [0.1, 0.15) is 5.69 Å². The van der Waals surface area contributed by atoms with E-state index in [4.69, 9.17) is 4.42 Å². The van der Waals surface area contributed by atoms with E-state index in [9.17, 15) is 0 Å². The fraction of sp³-hybridized carbons (Fsp3) is 0.467. The minimum Gasteiger partial charge on any atom is -0.463 e. The van der Waals surface area contributed by atoms with E-state index < -0.39 is 0 Å². The summed E-state index contributed by atoms with van der Waals surface area (Å²) >= 11 is 1.59. The molecule has 0 N–H and O–H groups in total. The molecule has 0 amide bonds. The van der Waals surface area contributed by atoms with E-state index in [2.05, 4.69) is 23.9 Å². The average Bonchev–Trinajstić information content (AvgIpc) is 3.10. The van der Waals surface area contributed by atoms with Gasteiger partial charge in [-0.3, -0.25) is 4.99 Å². The van der Waals surface area contributed by atoms with Gasteiger partial charge in [0, 0.05) is 18.1 Å². The van der Waals surface area contributed by atoms with Gasteiger partial charge in [-0.05, 0) is 37.8 Å². The van der Waals surface area contributed by atoms with E-state index in [1.807, 2.05) is 35.3 Å². The van der Waals surface area contributed by atoms with Crippen LogP contribution in [0.25, 0.3) is 11.5 Å². The third-order valence-electron chi connectivity index (χ3n) is 3.19. The van der Waals surface area contributed by atoms with Crippen LogP contribution in [0.2, 0.25) is 0 Å². The molecule has 0 saturated carbocycles. The summed E-state index contributed by atoms with van der Waals surface area (Å²) in [7, 11) is 0. The average molecular weight is 291 g/mol. The Kier molecular flexibility index (Phi) is 5.35. The number of aromatic nitrogens is 1. The van der Waals surface area contributed by atoms with Crippen LogP contribution < -0.4 is 4.80 Å². The third-order valence-corrected chi connectivity index (χ3v) is 4.05. The largest absolute Gasteiger partial charge is 0.463 e. The number of hydrogen-bond acceptors (Lipinski definition) is 4. The van der Waals surface area contributed by atoms with Gasteiger partial charge in [-0.2, -0.15) is 5.10 Å². The molecule has 2 aromatic rings. The van der Waals surface area contributed by atoms with Gasteiger partial charge in [0.2, 0.25) is 4.80 Å². The van der Waals surface area contributed by atoms with Crippen LogP contribution in [0.3, 0.4) is 0 Å². The standard InChI is InChI=1S/C15H21N3OS/c1-4-12(5-2)10-17-18-13(14-8-7-9-19-14)11-20-15(18)16-6-3/h7-12H,4-6H2,1-3H3. The first kappa shape index (κ1) is 14.8. The summed E-state index contributed by atoms with van der Waals surface area (Å²) in [6, 6.07) is 3.83. The summed E-state index contributed by atoms with van der Waals surface area (Å²) in [5, 5.41) is 6.67. The van der Waals surface area contributed by atoms with Crippen molar-refractivity contribution in [3.8, 4) is 11.5 Å². The van der Waals surface area contributed by atoms with Crippen molar-refractivity contribution >= 4 is 17.6 Å². The zero-order chi connectivity index (χ0) is 14.4. The Morgan fingerprint density at radius 1 is 1.35 bits per heavy atom. The van der Waals surface area contributed by atoms with Crippen LogP contribution in [0.1, 0.15) is 33.6 Å². The zero-order valence-electron chi connectivity index (χ0n) is 12.2. The Bertz CT molecular complexity index is 603. The number of hydrogen-bond donors (Lipinski definition) is 0. The van der Waals surface area contributed by atoms with Gasteiger partial charge in [-0.1, -0.05) is 13.8 Å². The van der Waals surface area contributed by atoms with Crippen molar-refractivity contribution in [1.82, 2.24) is 4.68 Å². The first-order valence-electron chi connectivity index (χ1n) is 7.09. The maximum absolute atomic E-state index is 5.48. The molecular formula is C15H21N3OS. The lowest BCUT2D eigenvalue weighted by atomic mass is 10.1. The Balaban J connectivity index is 2.43. The predicted octanol–water partition coefficient (Wildman–Crippen LogP) is 4.00. The van der Waals surface area contributed by atoms with Crippen LogP contribution in [-0.2, 0) is 0 Å². The topological polar surface area (TPSA) is 42.8 Å². The van der Waals surface area contributed by atoms with Gasteiger partial charge >= 0.3 is 0 Å². The molecule has 0 radical (unpaired) electrons. The van der Waals surface area contributed by atoms with Crippen LogP contribution >= 0.6 is 11.3 Å².